The first-order chi connectivity index (χ1) is 8.94. The summed E-state index contributed by atoms with van der Waals surface area (Å²) in [6.07, 6.45) is 1.94. The first-order valence-corrected chi connectivity index (χ1v) is 7.23. The zero-order valence-corrected chi connectivity index (χ0v) is 12.7. The first kappa shape index (κ1) is 13.9. The maximum absolute atomic E-state index is 4.53. The summed E-state index contributed by atoms with van der Waals surface area (Å²) >= 11 is 1.84. The molecule has 2 nitrogen and oxygen atoms in total. The fourth-order valence-corrected chi connectivity index (χ4v) is 2.80. The summed E-state index contributed by atoms with van der Waals surface area (Å²) in [5.74, 6) is 0.921. The van der Waals surface area contributed by atoms with E-state index in [1.165, 1.54) is 4.90 Å². The van der Waals surface area contributed by atoms with Gasteiger partial charge in [-0.1, -0.05) is 39.0 Å². The van der Waals surface area contributed by atoms with E-state index in [0.29, 0.717) is 0 Å². The molecule has 0 radical (unpaired) electrons. The largest absolute Gasteiger partial charge is 0.340 e. The third-order valence-corrected chi connectivity index (χ3v) is 3.59. The molecule has 0 saturated heterocycles. The van der Waals surface area contributed by atoms with Crippen LogP contribution in [0, 0.1) is 6.92 Å². The van der Waals surface area contributed by atoms with Crippen LogP contribution in [0.4, 0.5) is 11.5 Å². The van der Waals surface area contributed by atoms with Crippen molar-refractivity contribution >= 4 is 23.3 Å². The Bertz CT molecular complexity index is 544. The van der Waals surface area contributed by atoms with Crippen molar-refractivity contribution in [3.8, 4) is 0 Å². The minimum absolute atomic E-state index is 0.211. The van der Waals surface area contributed by atoms with Gasteiger partial charge in [-0.2, -0.15) is 0 Å². The molecule has 0 atom stereocenters. The molecule has 1 aromatic carbocycles. The van der Waals surface area contributed by atoms with Gasteiger partial charge >= 0.3 is 0 Å². The van der Waals surface area contributed by atoms with E-state index in [4.69, 9.17) is 0 Å². The van der Waals surface area contributed by atoms with Crippen molar-refractivity contribution in [3.05, 3.63) is 48.2 Å². The van der Waals surface area contributed by atoms with Crippen molar-refractivity contribution in [1.29, 1.82) is 0 Å². The quantitative estimate of drug-likeness (QED) is 0.794. The molecule has 3 heteroatoms. The Labute approximate surface area is 119 Å². The molecule has 0 saturated carbocycles. The van der Waals surface area contributed by atoms with E-state index in [-0.39, 0.29) is 4.75 Å². The minimum atomic E-state index is 0.211. The van der Waals surface area contributed by atoms with Crippen LogP contribution in [0.3, 0.4) is 0 Å². The molecule has 0 aliphatic rings. The van der Waals surface area contributed by atoms with Gasteiger partial charge in [0.25, 0.3) is 0 Å². The molecule has 1 N–H and O–H groups in total. The summed E-state index contributed by atoms with van der Waals surface area (Å²) < 4.78 is 0.211. The lowest BCUT2D eigenvalue weighted by molar-refractivity contribution is 0.802. The Morgan fingerprint density at radius 2 is 1.79 bits per heavy atom. The van der Waals surface area contributed by atoms with E-state index in [9.17, 15) is 0 Å². The highest BCUT2D eigenvalue weighted by molar-refractivity contribution is 8.00. The van der Waals surface area contributed by atoms with E-state index in [1.807, 2.05) is 48.3 Å². The zero-order valence-electron chi connectivity index (χ0n) is 11.9. The number of pyridine rings is 1. The molecular weight excluding hydrogens is 252 g/mol. The van der Waals surface area contributed by atoms with Crippen LogP contribution < -0.4 is 5.32 Å². The monoisotopic (exact) mass is 272 g/mol. The number of aromatic nitrogens is 1. The fourth-order valence-electron chi connectivity index (χ4n) is 1.75. The second-order valence-electron chi connectivity index (χ2n) is 5.54. The third kappa shape index (κ3) is 4.28. The molecule has 0 amide bonds. The first-order valence-electron chi connectivity index (χ1n) is 6.42. The summed E-state index contributed by atoms with van der Waals surface area (Å²) in [7, 11) is 0. The lowest BCUT2D eigenvalue weighted by Gasteiger charge is -2.18. The number of nitrogens with one attached hydrogen (secondary N) is 1. The Hall–Kier alpha value is -1.48. The van der Waals surface area contributed by atoms with Gasteiger partial charge in [0.1, 0.15) is 5.82 Å². The van der Waals surface area contributed by atoms with Crippen molar-refractivity contribution in [1.82, 2.24) is 4.98 Å². The Balaban J connectivity index is 2.16. The van der Waals surface area contributed by atoms with Gasteiger partial charge in [0, 0.05) is 21.5 Å². The van der Waals surface area contributed by atoms with Crippen LogP contribution in [-0.2, 0) is 0 Å². The van der Waals surface area contributed by atoms with Crippen LogP contribution in [-0.4, -0.2) is 9.73 Å². The minimum Gasteiger partial charge on any atom is -0.340 e. The smallest absolute Gasteiger partial charge is 0.133 e. The average molecular weight is 272 g/mol. The second-order valence-corrected chi connectivity index (χ2v) is 7.44. The standard InChI is InChI=1S/C16H20N2S/c1-12-10-14(19-16(2,3)4)11-17-15(12)18-13-8-6-5-7-9-13/h5-11H,1-4H3,(H,17,18). The molecule has 0 unspecified atom stereocenters. The van der Waals surface area contributed by atoms with E-state index in [2.05, 4.69) is 44.1 Å². The number of nitrogens with zero attached hydrogens (tertiary/aromatic N) is 1. The molecule has 1 aromatic heterocycles. The highest BCUT2D eigenvalue weighted by Crippen LogP contribution is 2.33. The molecule has 2 aromatic rings. The summed E-state index contributed by atoms with van der Waals surface area (Å²) in [5, 5.41) is 3.34. The van der Waals surface area contributed by atoms with E-state index < -0.39 is 0 Å². The molecule has 2 rings (SSSR count). The highest BCUT2D eigenvalue weighted by Gasteiger charge is 2.13. The lowest BCUT2D eigenvalue weighted by Crippen LogP contribution is -2.07. The van der Waals surface area contributed by atoms with Crippen molar-refractivity contribution in [2.75, 3.05) is 5.32 Å². The maximum atomic E-state index is 4.53. The van der Waals surface area contributed by atoms with Gasteiger partial charge in [0.05, 0.1) is 0 Å². The zero-order chi connectivity index (χ0) is 13.9. The molecule has 100 valence electrons. The third-order valence-electron chi connectivity index (χ3n) is 2.51. The van der Waals surface area contributed by atoms with E-state index >= 15 is 0 Å². The van der Waals surface area contributed by atoms with Gasteiger partial charge in [-0.15, -0.1) is 11.8 Å². The topological polar surface area (TPSA) is 24.9 Å². The van der Waals surface area contributed by atoms with Gasteiger partial charge < -0.3 is 5.32 Å². The van der Waals surface area contributed by atoms with Crippen LogP contribution in [0.25, 0.3) is 0 Å². The molecule has 1 heterocycles. The Morgan fingerprint density at radius 3 is 2.37 bits per heavy atom. The highest BCUT2D eigenvalue weighted by atomic mass is 32.2. The molecular formula is C16H20N2S. The van der Waals surface area contributed by atoms with Crippen molar-refractivity contribution in [3.63, 3.8) is 0 Å². The number of para-hydroxylation sites is 1. The van der Waals surface area contributed by atoms with Crippen LogP contribution in [0.5, 0.6) is 0 Å². The molecule has 0 fully saturated rings. The molecule has 0 bridgehead atoms. The van der Waals surface area contributed by atoms with Crippen molar-refractivity contribution < 1.29 is 0 Å². The van der Waals surface area contributed by atoms with Crippen molar-refractivity contribution in [2.45, 2.75) is 37.3 Å². The normalized spacial score (nSPS) is 11.4. The predicted octanol–water partition coefficient (Wildman–Crippen LogP) is 5.02. The van der Waals surface area contributed by atoms with Crippen LogP contribution >= 0.6 is 11.8 Å². The number of anilines is 2. The average Bonchev–Trinajstić information content (AvgIpc) is 2.32. The van der Waals surface area contributed by atoms with Gasteiger partial charge in [0.2, 0.25) is 0 Å². The van der Waals surface area contributed by atoms with E-state index in [0.717, 1.165) is 17.1 Å². The summed E-state index contributed by atoms with van der Waals surface area (Å²) in [6.45, 7) is 8.72. The van der Waals surface area contributed by atoms with Gasteiger partial charge in [0.15, 0.2) is 0 Å². The van der Waals surface area contributed by atoms with Gasteiger partial charge in [-0.25, -0.2) is 4.98 Å². The van der Waals surface area contributed by atoms with Crippen LogP contribution in [0.1, 0.15) is 26.3 Å². The molecule has 0 aliphatic carbocycles. The number of rotatable bonds is 3. The number of aryl methyl sites for hydroxylation is 1. The number of hydrogen-bond acceptors (Lipinski definition) is 3. The van der Waals surface area contributed by atoms with Crippen LogP contribution in [0.15, 0.2) is 47.5 Å². The summed E-state index contributed by atoms with van der Waals surface area (Å²) in [5.41, 5.74) is 2.23. The number of hydrogen-bond donors (Lipinski definition) is 1. The van der Waals surface area contributed by atoms with Gasteiger partial charge in [-0.3, -0.25) is 0 Å². The SMILES string of the molecule is Cc1cc(SC(C)(C)C)cnc1Nc1ccccc1. The van der Waals surface area contributed by atoms with Crippen LogP contribution in [0.2, 0.25) is 0 Å². The van der Waals surface area contributed by atoms with Crippen molar-refractivity contribution in [2.24, 2.45) is 0 Å². The lowest BCUT2D eigenvalue weighted by atomic mass is 10.2. The fraction of sp³-hybridized carbons (Fsp3) is 0.312. The second kappa shape index (κ2) is 5.66. The molecule has 19 heavy (non-hydrogen) atoms. The maximum Gasteiger partial charge on any atom is 0.133 e. The number of benzene rings is 1. The van der Waals surface area contributed by atoms with E-state index in [1.54, 1.807) is 0 Å². The van der Waals surface area contributed by atoms with Gasteiger partial charge in [-0.05, 0) is 30.7 Å². The molecule has 0 aliphatic heterocycles. The number of thioether (sulfide) groups is 1. The molecule has 0 spiro atoms. The Morgan fingerprint density at radius 1 is 1.11 bits per heavy atom. The Kier molecular flexibility index (Phi) is 4.15. The predicted molar refractivity (Wildman–Crippen MR) is 84.3 cm³/mol. The summed E-state index contributed by atoms with van der Waals surface area (Å²) in [6, 6.07) is 12.3. The summed E-state index contributed by atoms with van der Waals surface area (Å²) in [4.78, 5) is 5.74.